The Morgan fingerprint density at radius 1 is 1.32 bits per heavy atom. The summed E-state index contributed by atoms with van der Waals surface area (Å²) in [6.07, 6.45) is 1.48. The van der Waals surface area contributed by atoms with Crippen LogP contribution in [0.15, 0.2) is 12.3 Å². The monoisotopic (exact) mass is 263 g/mol. The van der Waals surface area contributed by atoms with Crippen LogP contribution in [0.2, 0.25) is 0 Å². The largest absolute Gasteiger partial charge is 0.382 e. The molecule has 0 aliphatic carbocycles. The van der Waals surface area contributed by atoms with Crippen molar-refractivity contribution in [3.63, 3.8) is 0 Å². The van der Waals surface area contributed by atoms with Gasteiger partial charge in [-0.25, -0.2) is 0 Å². The molecule has 2 amide bonds. The van der Waals surface area contributed by atoms with E-state index in [0.29, 0.717) is 0 Å². The normalized spacial score (nSPS) is 10.4. The second-order valence-electron chi connectivity index (χ2n) is 3.96. The number of nitrogens with one attached hydrogen (secondary N) is 1. The molecule has 2 aromatic rings. The number of nitrogens with zero attached hydrogens (tertiary/aromatic N) is 4. The average Bonchev–Trinajstić information content (AvgIpc) is 2.81. The quantitative estimate of drug-likeness (QED) is 0.658. The molecule has 0 aliphatic rings. The summed E-state index contributed by atoms with van der Waals surface area (Å²) in [6, 6.07) is 1.43. The van der Waals surface area contributed by atoms with Crippen LogP contribution in [0.4, 0.5) is 11.5 Å². The summed E-state index contributed by atoms with van der Waals surface area (Å²) < 4.78 is 2.72. The maximum Gasteiger partial charge on any atom is 0.274 e. The molecule has 0 radical (unpaired) electrons. The minimum absolute atomic E-state index is 0.00834. The Morgan fingerprint density at radius 3 is 2.53 bits per heavy atom. The predicted octanol–water partition coefficient (Wildman–Crippen LogP) is -0.913. The van der Waals surface area contributed by atoms with E-state index in [-0.39, 0.29) is 22.9 Å². The standard InChI is InChI=1S/C10H13N7O2/c1-16-4-5(8(15-16)9(12)18)13-10(19)6-3-7(11)14-17(6)2/h3-4H,1-2H3,(H2,11,14)(H2,12,18)(H,13,19). The highest BCUT2D eigenvalue weighted by atomic mass is 16.2. The highest BCUT2D eigenvalue weighted by molar-refractivity contribution is 6.07. The molecule has 0 unspecified atom stereocenters. The lowest BCUT2D eigenvalue weighted by molar-refractivity contribution is 0.0995. The SMILES string of the molecule is Cn1cc(NC(=O)c2cc(N)nn2C)c(C(N)=O)n1. The number of nitrogen functional groups attached to an aromatic ring is 1. The topological polar surface area (TPSA) is 134 Å². The van der Waals surface area contributed by atoms with Gasteiger partial charge in [0.05, 0.1) is 5.69 Å². The van der Waals surface area contributed by atoms with Crippen molar-refractivity contribution in [3.8, 4) is 0 Å². The molecule has 19 heavy (non-hydrogen) atoms. The third-order valence-corrected chi connectivity index (χ3v) is 2.44. The summed E-state index contributed by atoms with van der Waals surface area (Å²) in [5, 5.41) is 10.3. The zero-order valence-corrected chi connectivity index (χ0v) is 10.4. The van der Waals surface area contributed by atoms with Crippen molar-refractivity contribution in [1.29, 1.82) is 0 Å². The highest BCUT2D eigenvalue weighted by Gasteiger charge is 2.18. The molecular weight excluding hydrogens is 250 g/mol. The fourth-order valence-corrected chi connectivity index (χ4v) is 1.65. The van der Waals surface area contributed by atoms with E-state index in [1.54, 1.807) is 14.1 Å². The number of amides is 2. The van der Waals surface area contributed by atoms with Crippen LogP contribution >= 0.6 is 0 Å². The molecule has 2 aromatic heterocycles. The maximum absolute atomic E-state index is 12.0. The number of rotatable bonds is 3. The van der Waals surface area contributed by atoms with Gasteiger partial charge in [0.25, 0.3) is 11.8 Å². The molecule has 2 heterocycles. The summed E-state index contributed by atoms with van der Waals surface area (Å²) in [4.78, 5) is 23.2. The number of carbonyl (C=O) groups is 2. The number of aromatic nitrogens is 4. The third kappa shape index (κ3) is 2.39. The lowest BCUT2D eigenvalue weighted by atomic mass is 10.3. The van der Waals surface area contributed by atoms with Crippen LogP contribution in [-0.2, 0) is 14.1 Å². The zero-order valence-electron chi connectivity index (χ0n) is 10.4. The van der Waals surface area contributed by atoms with Crippen molar-refractivity contribution in [2.75, 3.05) is 11.1 Å². The van der Waals surface area contributed by atoms with Crippen LogP contribution in [0.1, 0.15) is 21.0 Å². The molecule has 9 nitrogen and oxygen atoms in total. The first-order chi connectivity index (χ1) is 8.88. The van der Waals surface area contributed by atoms with Gasteiger partial charge in [0, 0.05) is 26.4 Å². The predicted molar refractivity (Wildman–Crippen MR) is 67.3 cm³/mol. The van der Waals surface area contributed by atoms with E-state index in [2.05, 4.69) is 15.5 Å². The van der Waals surface area contributed by atoms with E-state index in [1.165, 1.54) is 21.6 Å². The van der Waals surface area contributed by atoms with Gasteiger partial charge >= 0.3 is 0 Å². The summed E-state index contributed by atoms with van der Waals surface area (Å²) in [5.74, 6) is -0.948. The first kappa shape index (κ1) is 12.6. The number of carbonyl (C=O) groups excluding carboxylic acids is 2. The molecule has 0 aromatic carbocycles. The number of hydrogen-bond acceptors (Lipinski definition) is 5. The van der Waals surface area contributed by atoms with Gasteiger partial charge in [-0.3, -0.25) is 19.0 Å². The number of anilines is 2. The molecule has 2 rings (SSSR count). The smallest absolute Gasteiger partial charge is 0.274 e. The van der Waals surface area contributed by atoms with E-state index in [1.807, 2.05) is 0 Å². The van der Waals surface area contributed by atoms with E-state index in [9.17, 15) is 9.59 Å². The Morgan fingerprint density at radius 2 is 2.00 bits per heavy atom. The Hall–Kier alpha value is -2.84. The molecule has 100 valence electrons. The molecular formula is C10H13N7O2. The van der Waals surface area contributed by atoms with Gasteiger partial charge in [-0.15, -0.1) is 0 Å². The molecule has 0 atom stereocenters. The number of primary amides is 1. The van der Waals surface area contributed by atoms with Gasteiger partial charge in [-0.1, -0.05) is 0 Å². The van der Waals surface area contributed by atoms with Crippen molar-refractivity contribution >= 4 is 23.3 Å². The highest BCUT2D eigenvalue weighted by Crippen LogP contribution is 2.14. The molecule has 0 spiro atoms. The van der Waals surface area contributed by atoms with Gasteiger partial charge < -0.3 is 16.8 Å². The zero-order chi connectivity index (χ0) is 14.2. The van der Waals surface area contributed by atoms with Gasteiger partial charge in [-0.05, 0) is 0 Å². The van der Waals surface area contributed by atoms with Crippen molar-refractivity contribution in [1.82, 2.24) is 19.6 Å². The first-order valence-corrected chi connectivity index (χ1v) is 5.33. The maximum atomic E-state index is 12.0. The van der Waals surface area contributed by atoms with Crippen molar-refractivity contribution in [3.05, 3.63) is 23.7 Å². The lowest BCUT2D eigenvalue weighted by Gasteiger charge is -2.03. The Bertz CT molecular complexity index is 655. The molecule has 5 N–H and O–H groups in total. The molecule has 0 saturated heterocycles. The molecule has 0 bridgehead atoms. The summed E-state index contributed by atoms with van der Waals surface area (Å²) >= 11 is 0. The number of aryl methyl sites for hydroxylation is 2. The van der Waals surface area contributed by atoms with Gasteiger partial charge in [0.1, 0.15) is 11.5 Å². The average molecular weight is 263 g/mol. The number of hydrogen-bond donors (Lipinski definition) is 3. The summed E-state index contributed by atoms with van der Waals surface area (Å²) in [6.45, 7) is 0. The second-order valence-corrected chi connectivity index (χ2v) is 3.96. The fraction of sp³-hybridized carbons (Fsp3) is 0.200. The molecule has 0 saturated carbocycles. The molecule has 0 fully saturated rings. The van der Waals surface area contributed by atoms with Crippen LogP contribution in [0, 0.1) is 0 Å². The second kappa shape index (κ2) is 4.44. The number of nitrogens with two attached hydrogens (primary N) is 2. The molecule has 0 aliphatic heterocycles. The fourth-order valence-electron chi connectivity index (χ4n) is 1.65. The minimum Gasteiger partial charge on any atom is -0.382 e. The van der Waals surface area contributed by atoms with Crippen molar-refractivity contribution < 1.29 is 9.59 Å². The summed E-state index contributed by atoms with van der Waals surface area (Å²) in [5.41, 5.74) is 11.2. The molecule has 9 heteroatoms. The van der Waals surface area contributed by atoms with Crippen molar-refractivity contribution in [2.24, 2.45) is 19.8 Å². The minimum atomic E-state index is -0.722. The van der Waals surface area contributed by atoms with Gasteiger partial charge in [-0.2, -0.15) is 10.2 Å². The Kier molecular flexibility index (Phi) is 2.95. The lowest BCUT2D eigenvalue weighted by Crippen LogP contribution is -2.19. The van der Waals surface area contributed by atoms with Crippen LogP contribution in [0.3, 0.4) is 0 Å². The summed E-state index contributed by atoms with van der Waals surface area (Å²) in [7, 11) is 3.20. The van der Waals surface area contributed by atoms with Crippen LogP contribution < -0.4 is 16.8 Å². The van der Waals surface area contributed by atoms with Gasteiger partial charge in [0.2, 0.25) is 0 Å². The van der Waals surface area contributed by atoms with Gasteiger partial charge in [0.15, 0.2) is 5.69 Å². The van der Waals surface area contributed by atoms with Crippen LogP contribution in [0.25, 0.3) is 0 Å². The third-order valence-electron chi connectivity index (χ3n) is 2.44. The van der Waals surface area contributed by atoms with E-state index in [0.717, 1.165) is 0 Å². The van der Waals surface area contributed by atoms with Crippen LogP contribution in [0.5, 0.6) is 0 Å². The Balaban J connectivity index is 2.29. The van der Waals surface area contributed by atoms with Crippen LogP contribution in [-0.4, -0.2) is 31.4 Å². The van der Waals surface area contributed by atoms with Crippen molar-refractivity contribution in [2.45, 2.75) is 0 Å². The first-order valence-electron chi connectivity index (χ1n) is 5.33. The van der Waals surface area contributed by atoms with E-state index >= 15 is 0 Å². The Labute approximate surface area is 108 Å². The van der Waals surface area contributed by atoms with E-state index < -0.39 is 11.8 Å². The van der Waals surface area contributed by atoms with E-state index in [4.69, 9.17) is 11.5 Å².